The van der Waals surface area contributed by atoms with Crippen LogP contribution in [0.4, 0.5) is 5.69 Å². The van der Waals surface area contributed by atoms with Crippen LogP contribution in [0.5, 0.6) is 5.75 Å². The van der Waals surface area contributed by atoms with Crippen molar-refractivity contribution in [1.82, 2.24) is 0 Å². The molecule has 5 heteroatoms. The summed E-state index contributed by atoms with van der Waals surface area (Å²) in [5.41, 5.74) is 7.66. The Balaban J connectivity index is 2.35. The first kappa shape index (κ1) is 13.4. The number of nitrogens with two attached hydrogens (primary N) is 1. The Labute approximate surface area is 112 Å². The zero-order valence-electron chi connectivity index (χ0n) is 11.1. The van der Waals surface area contributed by atoms with Crippen LogP contribution in [0.2, 0.25) is 0 Å². The number of likely N-dealkylation sites (N-methyl/N-ethyl adjacent to an activating group) is 1. The predicted molar refractivity (Wildman–Crippen MR) is 71.7 cm³/mol. The van der Waals surface area contributed by atoms with Crippen LogP contribution in [0.3, 0.4) is 0 Å². The van der Waals surface area contributed by atoms with Crippen molar-refractivity contribution in [3.05, 3.63) is 23.8 Å². The summed E-state index contributed by atoms with van der Waals surface area (Å²) in [7, 11) is 1.71. The standard InChI is InChI=1S/C14H17N3O2/c1-3-9(7-15)14(16)10-4-5-12-11(6-10)17(2)13(18)8-19-12/h4-6,9,14H,3,8,16H2,1-2H3. The van der Waals surface area contributed by atoms with Crippen molar-refractivity contribution in [2.24, 2.45) is 11.7 Å². The Morgan fingerprint density at radius 2 is 2.32 bits per heavy atom. The second-order valence-electron chi connectivity index (χ2n) is 4.64. The van der Waals surface area contributed by atoms with Crippen molar-refractivity contribution in [3.63, 3.8) is 0 Å². The van der Waals surface area contributed by atoms with Crippen LogP contribution in [0, 0.1) is 17.2 Å². The maximum absolute atomic E-state index is 11.6. The molecular formula is C14H17N3O2. The van der Waals surface area contributed by atoms with E-state index in [2.05, 4.69) is 6.07 Å². The number of ether oxygens (including phenoxy) is 1. The third kappa shape index (κ3) is 2.40. The highest BCUT2D eigenvalue weighted by Gasteiger charge is 2.24. The van der Waals surface area contributed by atoms with E-state index in [4.69, 9.17) is 15.7 Å². The highest BCUT2D eigenvalue weighted by Crippen LogP contribution is 2.34. The number of carbonyl (C=O) groups is 1. The van der Waals surface area contributed by atoms with Gasteiger partial charge in [-0.25, -0.2) is 0 Å². The van der Waals surface area contributed by atoms with Gasteiger partial charge in [0.25, 0.3) is 5.91 Å². The van der Waals surface area contributed by atoms with Gasteiger partial charge in [0.05, 0.1) is 17.7 Å². The molecule has 1 aliphatic rings. The van der Waals surface area contributed by atoms with E-state index in [-0.39, 0.29) is 24.5 Å². The summed E-state index contributed by atoms with van der Waals surface area (Å²) in [4.78, 5) is 13.2. The van der Waals surface area contributed by atoms with Gasteiger partial charge < -0.3 is 15.4 Å². The first-order valence-corrected chi connectivity index (χ1v) is 6.27. The van der Waals surface area contributed by atoms with E-state index < -0.39 is 0 Å². The lowest BCUT2D eigenvalue weighted by Crippen LogP contribution is -2.35. The smallest absolute Gasteiger partial charge is 0.264 e. The molecule has 0 saturated carbocycles. The number of rotatable bonds is 3. The number of nitriles is 1. The number of nitrogens with zero attached hydrogens (tertiary/aromatic N) is 2. The van der Waals surface area contributed by atoms with Gasteiger partial charge in [0.15, 0.2) is 6.61 Å². The maximum Gasteiger partial charge on any atom is 0.264 e. The highest BCUT2D eigenvalue weighted by molar-refractivity contribution is 5.97. The molecule has 0 aliphatic carbocycles. The number of amides is 1. The summed E-state index contributed by atoms with van der Waals surface area (Å²) in [5, 5.41) is 9.07. The van der Waals surface area contributed by atoms with Gasteiger partial charge in [-0.3, -0.25) is 4.79 Å². The summed E-state index contributed by atoms with van der Waals surface area (Å²) in [6, 6.07) is 7.35. The van der Waals surface area contributed by atoms with Gasteiger partial charge in [-0.1, -0.05) is 13.0 Å². The van der Waals surface area contributed by atoms with E-state index >= 15 is 0 Å². The Kier molecular flexibility index (Phi) is 3.72. The largest absolute Gasteiger partial charge is 0.482 e. The van der Waals surface area contributed by atoms with Crippen LogP contribution in [0.25, 0.3) is 0 Å². The van der Waals surface area contributed by atoms with E-state index in [1.54, 1.807) is 18.0 Å². The number of hydrogen-bond donors (Lipinski definition) is 1. The number of anilines is 1. The van der Waals surface area contributed by atoms with Gasteiger partial charge >= 0.3 is 0 Å². The molecule has 0 saturated heterocycles. The minimum atomic E-state index is -0.356. The first-order valence-electron chi connectivity index (χ1n) is 6.27. The molecule has 2 unspecified atom stereocenters. The van der Waals surface area contributed by atoms with Crippen molar-refractivity contribution in [1.29, 1.82) is 5.26 Å². The Morgan fingerprint density at radius 1 is 1.58 bits per heavy atom. The van der Waals surface area contributed by atoms with Crippen LogP contribution in [-0.4, -0.2) is 19.6 Å². The molecule has 5 nitrogen and oxygen atoms in total. The van der Waals surface area contributed by atoms with Gasteiger partial charge in [0, 0.05) is 13.1 Å². The molecule has 1 aromatic rings. The molecule has 1 amide bonds. The van der Waals surface area contributed by atoms with Crippen molar-refractivity contribution >= 4 is 11.6 Å². The molecule has 1 heterocycles. The van der Waals surface area contributed by atoms with Crippen LogP contribution >= 0.6 is 0 Å². The Bertz CT molecular complexity index is 536. The van der Waals surface area contributed by atoms with E-state index in [1.165, 1.54) is 0 Å². The summed E-state index contributed by atoms with van der Waals surface area (Å²) in [6.45, 7) is 2.00. The van der Waals surface area contributed by atoms with E-state index in [1.807, 2.05) is 19.1 Å². The summed E-state index contributed by atoms with van der Waals surface area (Å²) in [5.74, 6) is 0.345. The van der Waals surface area contributed by atoms with Gasteiger partial charge in [-0.2, -0.15) is 5.26 Å². The number of benzene rings is 1. The van der Waals surface area contributed by atoms with E-state index in [0.717, 1.165) is 5.56 Å². The molecule has 19 heavy (non-hydrogen) atoms. The van der Waals surface area contributed by atoms with Crippen LogP contribution in [-0.2, 0) is 4.79 Å². The van der Waals surface area contributed by atoms with Gasteiger partial charge in [-0.15, -0.1) is 0 Å². The maximum atomic E-state index is 11.6. The van der Waals surface area contributed by atoms with Crippen molar-refractivity contribution in [3.8, 4) is 11.8 Å². The Morgan fingerprint density at radius 3 is 2.95 bits per heavy atom. The van der Waals surface area contributed by atoms with Crippen LogP contribution < -0.4 is 15.4 Å². The molecule has 0 fully saturated rings. The Hall–Kier alpha value is -2.06. The lowest BCUT2D eigenvalue weighted by atomic mass is 9.92. The summed E-state index contributed by atoms with van der Waals surface area (Å²) in [6.07, 6.45) is 0.694. The van der Waals surface area contributed by atoms with Crippen molar-refractivity contribution < 1.29 is 9.53 Å². The zero-order chi connectivity index (χ0) is 14.0. The quantitative estimate of drug-likeness (QED) is 0.894. The number of hydrogen-bond acceptors (Lipinski definition) is 4. The number of carbonyl (C=O) groups excluding carboxylic acids is 1. The summed E-state index contributed by atoms with van der Waals surface area (Å²) < 4.78 is 5.36. The second kappa shape index (κ2) is 5.29. The molecule has 2 N–H and O–H groups in total. The minimum absolute atomic E-state index is 0.0602. The second-order valence-corrected chi connectivity index (χ2v) is 4.64. The molecule has 0 radical (unpaired) electrons. The van der Waals surface area contributed by atoms with E-state index in [0.29, 0.717) is 17.9 Å². The van der Waals surface area contributed by atoms with Crippen molar-refractivity contribution in [2.75, 3.05) is 18.6 Å². The SMILES string of the molecule is CCC(C#N)C(N)c1ccc2c(c1)N(C)C(=O)CO2. The van der Waals surface area contributed by atoms with Gasteiger partial charge in [-0.05, 0) is 24.1 Å². The minimum Gasteiger partial charge on any atom is -0.482 e. The molecule has 100 valence electrons. The predicted octanol–water partition coefficient (Wildman–Crippen LogP) is 1.59. The average Bonchev–Trinajstić information content (AvgIpc) is 2.44. The molecule has 1 aromatic carbocycles. The van der Waals surface area contributed by atoms with Crippen LogP contribution in [0.1, 0.15) is 24.9 Å². The fourth-order valence-corrected chi connectivity index (χ4v) is 2.15. The molecule has 0 bridgehead atoms. The molecule has 2 atom stereocenters. The molecule has 0 spiro atoms. The molecular weight excluding hydrogens is 242 g/mol. The fourth-order valence-electron chi connectivity index (χ4n) is 2.15. The van der Waals surface area contributed by atoms with Crippen LogP contribution in [0.15, 0.2) is 18.2 Å². The summed E-state index contributed by atoms with van der Waals surface area (Å²) >= 11 is 0. The van der Waals surface area contributed by atoms with Crippen molar-refractivity contribution in [2.45, 2.75) is 19.4 Å². The molecule has 2 rings (SSSR count). The van der Waals surface area contributed by atoms with E-state index in [9.17, 15) is 4.79 Å². The molecule has 1 aliphatic heterocycles. The zero-order valence-corrected chi connectivity index (χ0v) is 11.1. The monoisotopic (exact) mass is 259 g/mol. The molecule has 0 aromatic heterocycles. The van der Waals surface area contributed by atoms with Gasteiger partial charge in [0.1, 0.15) is 5.75 Å². The first-order chi connectivity index (χ1) is 9.08. The lowest BCUT2D eigenvalue weighted by Gasteiger charge is -2.27. The third-order valence-corrected chi connectivity index (χ3v) is 3.49. The lowest BCUT2D eigenvalue weighted by molar-refractivity contribution is -0.120. The van der Waals surface area contributed by atoms with Gasteiger partial charge in [0.2, 0.25) is 0 Å². The third-order valence-electron chi connectivity index (χ3n) is 3.49. The average molecular weight is 259 g/mol. The number of fused-ring (bicyclic) bond motifs is 1. The fraction of sp³-hybridized carbons (Fsp3) is 0.429. The topological polar surface area (TPSA) is 79.4 Å². The highest BCUT2D eigenvalue weighted by atomic mass is 16.5. The normalized spacial score (nSPS) is 17.2.